The molecule has 0 aliphatic carbocycles. The predicted octanol–water partition coefficient (Wildman–Crippen LogP) is 2.41. The average molecular weight is 375 g/mol. The molecule has 0 radical (unpaired) electrons. The first-order valence-corrected chi connectivity index (χ1v) is 9.83. The van der Waals surface area contributed by atoms with Crippen LogP contribution in [-0.4, -0.2) is 48.7 Å². The number of nitro benzene ring substituents is 1. The van der Waals surface area contributed by atoms with Crippen molar-refractivity contribution in [3.05, 3.63) is 69.8 Å². The molecule has 1 fully saturated rings. The highest BCUT2D eigenvalue weighted by molar-refractivity contribution is 7.89. The normalized spacial score (nSPS) is 16.5. The minimum absolute atomic E-state index is 0.0930. The van der Waals surface area contributed by atoms with E-state index in [2.05, 4.69) is 24.0 Å². The molecule has 1 aliphatic rings. The van der Waals surface area contributed by atoms with Crippen LogP contribution >= 0.6 is 0 Å². The number of nitro groups is 1. The Kier molecular flexibility index (Phi) is 5.36. The van der Waals surface area contributed by atoms with Crippen LogP contribution in [0, 0.1) is 17.0 Å². The van der Waals surface area contributed by atoms with E-state index >= 15 is 0 Å². The van der Waals surface area contributed by atoms with Gasteiger partial charge in [-0.25, -0.2) is 8.42 Å². The molecule has 0 unspecified atom stereocenters. The van der Waals surface area contributed by atoms with Crippen LogP contribution in [0.15, 0.2) is 53.4 Å². The quantitative estimate of drug-likeness (QED) is 0.592. The highest BCUT2D eigenvalue weighted by Crippen LogP contribution is 2.21. The van der Waals surface area contributed by atoms with E-state index in [4.69, 9.17) is 0 Å². The molecule has 1 saturated heterocycles. The topological polar surface area (TPSA) is 83.8 Å². The highest BCUT2D eigenvalue weighted by atomic mass is 32.2. The van der Waals surface area contributed by atoms with E-state index in [0.29, 0.717) is 26.2 Å². The zero-order valence-electron chi connectivity index (χ0n) is 14.5. The summed E-state index contributed by atoms with van der Waals surface area (Å²) in [5.74, 6) is 0. The van der Waals surface area contributed by atoms with Crippen molar-refractivity contribution in [3.8, 4) is 0 Å². The third-order valence-electron chi connectivity index (χ3n) is 4.67. The van der Waals surface area contributed by atoms with E-state index in [9.17, 15) is 18.5 Å². The van der Waals surface area contributed by atoms with E-state index in [1.54, 1.807) is 0 Å². The van der Waals surface area contributed by atoms with Crippen molar-refractivity contribution in [1.82, 2.24) is 9.21 Å². The minimum Gasteiger partial charge on any atom is -0.296 e. The molecule has 138 valence electrons. The van der Waals surface area contributed by atoms with E-state index in [-0.39, 0.29) is 10.6 Å². The van der Waals surface area contributed by atoms with Gasteiger partial charge in [-0.05, 0) is 30.2 Å². The van der Waals surface area contributed by atoms with Gasteiger partial charge in [0, 0.05) is 44.9 Å². The van der Waals surface area contributed by atoms with Crippen molar-refractivity contribution in [2.75, 3.05) is 26.2 Å². The fourth-order valence-corrected chi connectivity index (χ4v) is 4.47. The lowest BCUT2D eigenvalue weighted by Gasteiger charge is -2.34. The third kappa shape index (κ3) is 3.92. The van der Waals surface area contributed by atoms with Gasteiger partial charge in [0.15, 0.2) is 0 Å². The molecule has 2 aromatic rings. The summed E-state index contributed by atoms with van der Waals surface area (Å²) in [5.41, 5.74) is 2.36. The van der Waals surface area contributed by atoms with Crippen LogP contribution in [0.3, 0.4) is 0 Å². The summed E-state index contributed by atoms with van der Waals surface area (Å²) in [4.78, 5) is 12.5. The first-order valence-electron chi connectivity index (χ1n) is 8.39. The number of non-ortho nitro benzene ring substituents is 1. The number of hydrogen-bond donors (Lipinski definition) is 0. The number of sulfonamides is 1. The number of hydrogen-bond acceptors (Lipinski definition) is 5. The fourth-order valence-electron chi connectivity index (χ4n) is 3.05. The number of rotatable bonds is 5. The molecule has 0 amide bonds. The Bertz CT molecular complexity index is 889. The average Bonchev–Trinajstić information content (AvgIpc) is 2.64. The zero-order valence-corrected chi connectivity index (χ0v) is 15.4. The second-order valence-corrected chi connectivity index (χ2v) is 8.30. The van der Waals surface area contributed by atoms with Gasteiger partial charge >= 0.3 is 0 Å². The first kappa shape index (κ1) is 18.5. The van der Waals surface area contributed by atoms with Crippen molar-refractivity contribution in [2.45, 2.75) is 18.4 Å². The molecule has 1 heterocycles. The first-order chi connectivity index (χ1) is 12.4. The summed E-state index contributed by atoms with van der Waals surface area (Å²) in [6.45, 7) is 5.00. The maximum absolute atomic E-state index is 12.7. The minimum atomic E-state index is -3.62. The van der Waals surface area contributed by atoms with E-state index in [1.165, 1.54) is 39.7 Å². The van der Waals surface area contributed by atoms with Gasteiger partial charge < -0.3 is 0 Å². The summed E-state index contributed by atoms with van der Waals surface area (Å²) in [6.07, 6.45) is 0. The highest BCUT2D eigenvalue weighted by Gasteiger charge is 2.28. The molecule has 3 rings (SSSR count). The van der Waals surface area contributed by atoms with Crippen molar-refractivity contribution in [1.29, 1.82) is 0 Å². The molecular formula is C18H21N3O4S. The second kappa shape index (κ2) is 7.53. The lowest BCUT2D eigenvalue weighted by atomic mass is 10.1. The van der Waals surface area contributed by atoms with Gasteiger partial charge in [0.2, 0.25) is 10.0 Å². The standard InChI is InChI=1S/C18H21N3O4S/c1-15-4-2-3-5-16(15)14-19-10-12-20(13-11-19)26(24,25)18-8-6-17(7-9-18)21(22)23/h2-9H,10-14H2,1H3. The Labute approximate surface area is 153 Å². The zero-order chi connectivity index (χ0) is 18.7. The van der Waals surface area contributed by atoms with Gasteiger partial charge in [-0.2, -0.15) is 4.31 Å². The van der Waals surface area contributed by atoms with Crippen molar-refractivity contribution in [3.63, 3.8) is 0 Å². The van der Waals surface area contributed by atoms with Crippen LogP contribution in [0.25, 0.3) is 0 Å². The predicted molar refractivity (Wildman–Crippen MR) is 98.3 cm³/mol. The molecule has 1 aliphatic heterocycles. The number of nitrogens with zero attached hydrogens (tertiary/aromatic N) is 3. The molecule has 7 nitrogen and oxygen atoms in total. The molecule has 0 N–H and O–H groups in total. The van der Waals surface area contributed by atoms with Crippen LogP contribution in [0.4, 0.5) is 5.69 Å². The van der Waals surface area contributed by atoms with E-state index < -0.39 is 14.9 Å². The lowest BCUT2D eigenvalue weighted by molar-refractivity contribution is -0.384. The molecule has 2 aromatic carbocycles. The Balaban J connectivity index is 1.65. The summed E-state index contributed by atoms with van der Waals surface area (Å²) < 4.78 is 26.9. The summed E-state index contributed by atoms with van der Waals surface area (Å²) in [5, 5.41) is 10.7. The van der Waals surface area contributed by atoms with Gasteiger partial charge in [-0.3, -0.25) is 15.0 Å². The maximum Gasteiger partial charge on any atom is 0.269 e. The molecular weight excluding hydrogens is 354 g/mol. The summed E-state index contributed by atoms with van der Waals surface area (Å²) in [7, 11) is -3.62. The Hall–Kier alpha value is -2.29. The lowest BCUT2D eigenvalue weighted by Crippen LogP contribution is -2.48. The van der Waals surface area contributed by atoms with Gasteiger partial charge in [0.25, 0.3) is 5.69 Å². The van der Waals surface area contributed by atoms with Crippen LogP contribution < -0.4 is 0 Å². The van der Waals surface area contributed by atoms with Gasteiger partial charge in [0.1, 0.15) is 0 Å². The van der Waals surface area contributed by atoms with E-state index in [1.807, 2.05) is 12.1 Å². The molecule has 0 atom stereocenters. The monoisotopic (exact) mass is 375 g/mol. The molecule has 26 heavy (non-hydrogen) atoms. The van der Waals surface area contributed by atoms with E-state index in [0.717, 1.165) is 6.54 Å². The van der Waals surface area contributed by atoms with Crippen LogP contribution in [0.5, 0.6) is 0 Å². The van der Waals surface area contributed by atoms with Gasteiger partial charge in [-0.15, -0.1) is 0 Å². The Morgan fingerprint density at radius 3 is 2.19 bits per heavy atom. The summed E-state index contributed by atoms with van der Waals surface area (Å²) in [6, 6.07) is 13.2. The molecule has 0 bridgehead atoms. The van der Waals surface area contributed by atoms with Gasteiger partial charge in [-0.1, -0.05) is 24.3 Å². The largest absolute Gasteiger partial charge is 0.296 e. The number of aryl methyl sites for hydroxylation is 1. The van der Waals surface area contributed by atoms with Crippen LogP contribution in [-0.2, 0) is 16.6 Å². The molecule has 0 spiro atoms. The summed E-state index contributed by atoms with van der Waals surface area (Å²) >= 11 is 0. The Morgan fingerprint density at radius 2 is 1.62 bits per heavy atom. The van der Waals surface area contributed by atoms with Crippen molar-refractivity contribution in [2.24, 2.45) is 0 Å². The van der Waals surface area contributed by atoms with Crippen LogP contribution in [0.1, 0.15) is 11.1 Å². The third-order valence-corrected chi connectivity index (χ3v) is 6.58. The number of benzene rings is 2. The molecule has 0 saturated carbocycles. The second-order valence-electron chi connectivity index (χ2n) is 6.36. The molecule has 8 heteroatoms. The van der Waals surface area contributed by atoms with Crippen molar-refractivity contribution < 1.29 is 13.3 Å². The fraction of sp³-hybridized carbons (Fsp3) is 0.333. The molecule has 0 aromatic heterocycles. The smallest absolute Gasteiger partial charge is 0.269 e. The van der Waals surface area contributed by atoms with Gasteiger partial charge in [0.05, 0.1) is 9.82 Å². The number of piperazine rings is 1. The van der Waals surface area contributed by atoms with Crippen molar-refractivity contribution >= 4 is 15.7 Å². The van der Waals surface area contributed by atoms with Crippen LogP contribution in [0.2, 0.25) is 0 Å². The maximum atomic E-state index is 12.7. The SMILES string of the molecule is Cc1ccccc1CN1CCN(S(=O)(=O)c2ccc([N+](=O)[O-])cc2)CC1. The Morgan fingerprint density at radius 1 is 1.00 bits per heavy atom.